The third-order valence-electron chi connectivity index (χ3n) is 3.87. The monoisotopic (exact) mass is 337 g/mol. The molecule has 4 nitrogen and oxygen atoms in total. The number of carbonyl (C=O) groups excluding carboxylic acids is 1. The first-order chi connectivity index (χ1) is 11.8. The Morgan fingerprint density at radius 2 is 1.92 bits per heavy atom. The van der Waals surface area contributed by atoms with E-state index in [1.54, 1.807) is 23.7 Å². The molecule has 24 heavy (non-hydrogen) atoms. The van der Waals surface area contributed by atoms with E-state index in [0.717, 1.165) is 23.2 Å². The van der Waals surface area contributed by atoms with Crippen molar-refractivity contribution in [3.8, 4) is 0 Å². The first-order valence-corrected chi connectivity index (χ1v) is 8.86. The minimum absolute atomic E-state index is 0.0493. The van der Waals surface area contributed by atoms with Crippen molar-refractivity contribution in [1.82, 2.24) is 15.3 Å². The summed E-state index contributed by atoms with van der Waals surface area (Å²) in [6.07, 6.45) is 4.94. The smallest absolute Gasteiger partial charge is 0.227 e. The molecule has 1 atom stereocenters. The number of benzene rings is 1. The van der Waals surface area contributed by atoms with E-state index >= 15 is 0 Å². The summed E-state index contributed by atoms with van der Waals surface area (Å²) in [5.41, 5.74) is 4.97. The van der Waals surface area contributed by atoms with Crippen LogP contribution in [0, 0.1) is 0 Å². The third-order valence-corrected chi connectivity index (χ3v) is 4.51. The molecule has 0 radical (unpaired) electrons. The number of nitrogens with one attached hydrogen (secondary N) is 1. The van der Waals surface area contributed by atoms with Crippen molar-refractivity contribution in [2.45, 2.75) is 18.8 Å². The highest BCUT2D eigenvalue weighted by molar-refractivity contribution is 7.07. The molecule has 1 N–H and O–H groups in total. The van der Waals surface area contributed by atoms with Gasteiger partial charge in [0.2, 0.25) is 5.91 Å². The predicted molar refractivity (Wildman–Crippen MR) is 96.0 cm³/mol. The lowest BCUT2D eigenvalue weighted by Gasteiger charge is -2.17. The summed E-state index contributed by atoms with van der Waals surface area (Å²) in [6.45, 7) is 0.599. The van der Waals surface area contributed by atoms with Gasteiger partial charge in [0.25, 0.3) is 0 Å². The van der Waals surface area contributed by atoms with E-state index in [1.807, 2.05) is 53.4 Å². The van der Waals surface area contributed by atoms with Crippen LogP contribution in [0.4, 0.5) is 0 Å². The average molecular weight is 337 g/mol. The quantitative estimate of drug-likeness (QED) is 0.720. The molecule has 1 amide bonds. The molecule has 0 aliphatic rings. The maximum absolute atomic E-state index is 12.7. The summed E-state index contributed by atoms with van der Waals surface area (Å²) in [5, 5.41) is 5.06. The summed E-state index contributed by atoms with van der Waals surface area (Å²) >= 11 is 1.57. The maximum Gasteiger partial charge on any atom is 0.227 e. The fourth-order valence-corrected chi connectivity index (χ4v) is 3.19. The van der Waals surface area contributed by atoms with Gasteiger partial charge in [0.05, 0.1) is 17.1 Å². The second-order valence-electron chi connectivity index (χ2n) is 5.54. The summed E-state index contributed by atoms with van der Waals surface area (Å²) < 4.78 is 0. The lowest BCUT2D eigenvalue weighted by atomic mass is 9.91. The number of amides is 1. The Morgan fingerprint density at radius 3 is 2.62 bits per heavy atom. The van der Waals surface area contributed by atoms with Crippen molar-refractivity contribution >= 4 is 17.2 Å². The van der Waals surface area contributed by atoms with Gasteiger partial charge in [0, 0.05) is 30.7 Å². The molecular weight excluding hydrogens is 318 g/mol. The largest absolute Gasteiger partial charge is 0.355 e. The summed E-state index contributed by atoms with van der Waals surface area (Å²) in [7, 11) is 0. The number of thiazole rings is 1. The van der Waals surface area contributed by atoms with Crippen LogP contribution in [0.3, 0.4) is 0 Å². The van der Waals surface area contributed by atoms with E-state index in [9.17, 15) is 4.79 Å². The SMILES string of the molecule is O=C(NCCc1cscn1)C(Cc1ccncc1)c1ccccc1. The van der Waals surface area contributed by atoms with Gasteiger partial charge in [0.1, 0.15) is 0 Å². The van der Waals surface area contributed by atoms with E-state index in [2.05, 4.69) is 15.3 Å². The van der Waals surface area contributed by atoms with Crippen molar-refractivity contribution in [2.75, 3.05) is 6.54 Å². The number of carbonyl (C=O) groups is 1. The molecule has 122 valence electrons. The predicted octanol–water partition coefficient (Wildman–Crippen LogP) is 3.22. The van der Waals surface area contributed by atoms with Gasteiger partial charge in [-0.2, -0.15) is 0 Å². The second kappa shape index (κ2) is 8.36. The molecular formula is C19H19N3OS. The number of aromatic nitrogens is 2. The van der Waals surface area contributed by atoms with Crippen molar-refractivity contribution in [1.29, 1.82) is 0 Å². The van der Waals surface area contributed by atoms with E-state index in [0.29, 0.717) is 13.0 Å². The molecule has 0 saturated heterocycles. The van der Waals surface area contributed by atoms with Crippen LogP contribution in [0.1, 0.15) is 22.7 Å². The zero-order valence-electron chi connectivity index (χ0n) is 13.3. The Morgan fingerprint density at radius 1 is 1.12 bits per heavy atom. The molecule has 2 aromatic heterocycles. The zero-order chi connectivity index (χ0) is 16.6. The Bertz CT molecular complexity index is 745. The zero-order valence-corrected chi connectivity index (χ0v) is 14.1. The van der Waals surface area contributed by atoms with Crippen molar-refractivity contribution in [2.24, 2.45) is 0 Å². The fraction of sp³-hybridized carbons (Fsp3) is 0.211. The Kier molecular flexibility index (Phi) is 5.69. The number of hydrogen-bond donors (Lipinski definition) is 1. The molecule has 0 aliphatic heterocycles. The van der Waals surface area contributed by atoms with Gasteiger partial charge < -0.3 is 5.32 Å². The molecule has 3 rings (SSSR count). The fourth-order valence-electron chi connectivity index (χ4n) is 2.60. The van der Waals surface area contributed by atoms with Crippen LogP contribution in [-0.2, 0) is 17.6 Å². The minimum Gasteiger partial charge on any atom is -0.355 e. The summed E-state index contributed by atoms with van der Waals surface area (Å²) in [4.78, 5) is 21.0. The van der Waals surface area contributed by atoms with Crippen LogP contribution in [0.5, 0.6) is 0 Å². The van der Waals surface area contributed by atoms with E-state index < -0.39 is 0 Å². The average Bonchev–Trinajstić information content (AvgIpc) is 3.15. The number of hydrogen-bond acceptors (Lipinski definition) is 4. The standard InChI is InChI=1S/C19H19N3OS/c23-19(21-11-8-17-13-24-14-22-17)18(16-4-2-1-3-5-16)12-15-6-9-20-10-7-15/h1-7,9-10,13-14,18H,8,11-12H2,(H,21,23). The minimum atomic E-state index is -0.205. The summed E-state index contributed by atoms with van der Waals surface area (Å²) in [5.74, 6) is -0.155. The van der Waals surface area contributed by atoms with Crippen molar-refractivity contribution < 1.29 is 4.79 Å². The van der Waals surface area contributed by atoms with Gasteiger partial charge in [-0.25, -0.2) is 4.98 Å². The molecule has 0 aliphatic carbocycles. The molecule has 0 bridgehead atoms. The van der Waals surface area contributed by atoms with Gasteiger partial charge in [0.15, 0.2) is 0 Å². The first kappa shape index (κ1) is 16.3. The van der Waals surface area contributed by atoms with Crippen molar-refractivity contribution in [3.63, 3.8) is 0 Å². The molecule has 1 aromatic carbocycles. The highest BCUT2D eigenvalue weighted by atomic mass is 32.1. The molecule has 0 fully saturated rings. The van der Waals surface area contributed by atoms with Crippen LogP contribution in [0.15, 0.2) is 65.7 Å². The molecule has 1 unspecified atom stereocenters. The number of rotatable bonds is 7. The molecule has 2 heterocycles. The first-order valence-electron chi connectivity index (χ1n) is 7.91. The Hall–Kier alpha value is -2.53. The van der Waals surface area contributed by atoms with Crippen LogP contribution in [-0.4, -0.2) is 22.4 Å². The normalized spacial score (nSPS) is 11.8. The topological polar surface area (TPSA) is 54.9 Å². The van der Waals surface area contributed by atoms with E-state index in [4.69, 9.17) is 0 Å². The van der Waals surface area contributed by atoms with Gasteiger partial charge in [-0.05, 0) is 29.7 Å². The molecule has 5 heteroatoms. The van der Waals surface area contributed by atoms with Crippen LogP contribution in [0.25, 0.3) is 0 Å². The highest BCUT2D eigenvalue weighted by Gasteiger charge is 2.20. The third kappa shape index (κ3) is 4.49. The number of pyridine rings is 1. The lowest BCUT2D eigenvalue weighted by molar-refractivity contribution is -0.122. The van der Waals surface area contributed by atoms with Gasteiger partial charge in [-0.1, -0.05) is 30.3 Å². The molecule has 3 aromatic rings. The van der Waals surface area contributed by atoms with Crippen LogP contribution >= 0.6 is 11.3 Å². The van der Waals surface area contributed by atoms with Gasteiger partial charge >= 0.3 is 0 Å². The van der Waals surface area contributed by atoms with E-state index in [1.165, 1.54) is 0 Å². The molecule has 0 saturated carbocycles. The Balaban J connectivity index is 1.68. The maximum atomic E-state index is 12.7. The van der Waals surface area contributed by atoms with E-state index in [-0.39, 0.29) is 11.8 Å². The highest BCUT2D eigenvalue weighted by Crippen LogP contribution is 2.21. The van der Waals surface area contributed by atoms with Gasteiger partial charge in [-0.3, -0.25) is 9.78 Å². The second-order valence-corrected chi connectivity index (χ2v) is 6.26. The van der Waals surface area contributed by atoms with Crippen LogP contribution in [0.2, 0.25) is 0 Å². The summed E-state index contributed by atoms with van der Waals surface area (Å²) in [6, 6.07) is 13.8. The lowest BCUT2D eigenvalue weighted by Crippen LogP contribution is -2.32. The molecule has 0 spiro atoms. The van der Waals surface area contributed by atoms with Crippen LogP contribution < -0.4 is 5.32 Å². The van der Waals surface area contributed by atoms with Gasteiger partial charge in [-0.15, -0.1) is 11.3 Å². The Labute approximate surface area is 145 Å². The van der Waals surface area contributed by atoms with Crippen molar-refractivity contribution in [3.05, 3.63) is 82.6 Å². The number of nitrogens with zero attached hydrogens (tertiary/aromatic N) is 2.